The first kappa shape index (κ1) is 13.4. The van der Waals surface area contributed by atoms with Crippen molar-refractivity contribution < 1.29 is 14.6 Å². The highest BCUT2D eigenvalue weighted by Gasteiger charge is 2.29. The lowest BCUT2D eigenvalue weighted by molar-refractivity contribution is -0.143. The molecular formula is C10H21NO3. The number of rotatable bonds is 6. The lowest BCUT2D eigenvalue weighted by Gasteiger charge is -2.33. The Morgan fingerprint density at radius 3 is 2.29 bits per heavy atom. The third-order valence-corrected chi connectivity index (χ3v) is 2.73. The van der Waals surface area contributed by atoms with Gasteiger partial charge in [-0.1, -0.05) is 13.8 Å². The van der Waals surface area contributed by atoms with Crippen LogP contribution in [0.2, 0.25) is 0 Å². The van der Waals surface area contributed by atoms with Crippen molar-refractivity contribution in [2.45, 2.75) is 45.2 Å². The minimum Gasteiger partial charge on any atom is -0.468 e. The first-order valence-electron chi connectivity index (χ1n) is 5.01. The molecule has 1 unspecified atom stereocenters. The molecule has 14 heavy (non-hydrogen) atoms. The minimum absolute atomic E-state index is 0.0291. The fourth-order valence-electron chi connectivity index (χ4n) is 1.42. The van der Waals surface area contributed by atoms with Crippen LogP contribution < -0.4 is 5.32 Å². The zero-order chi connectivity index (χ0) is 11.2. The fourth-order valence-corrected chi connectivity index (χ4v) is 1.42. The summed E-state index contributed by atoms with van der Waals surface area (Å²) in [5.74, 6) is -0.301. The van der Waals surface area contributed by atoms with Crippen LogP contribution >= 0.6 is 0 Å². The summed E-state index contributed by atoms with van der Waals surface area (Å²) < 4.78 is 4.61. The van der Waals surface area contributed by atoms with Crippen molar-refractivity contribution in [2.24, 2.45) is 0 Å². The number of carbonyl (C=O) groups excluding carboxylic acids is 1. The highest BCUT2D eigenvalue weighted by atomic mass is 16.5. The van der Waals surface area contributed by atoms with Gasteiger partial charge in [0.2, 0.25) is 0 Å². The Kier molecular flexibility index (Phi) is 5.72. The Morgan fingerprint density at radius 1 is 1.50 bits per heavy atom. The smallest absolute Gasteiger partial charge is 0.322 e. The van der Waals surface area contributed by atoms with E-state index in [9.17, 15) is 9.90 Å². The van der Waals surface area contributed by atoms with Crippen molar-refractivity contribution in [3.8, 4) is 0 Å². The molecule has 0 saturated carbocycles. The molecule has 0 rings (SSSR count). The maximum Gasteiger partial charge on any atom is 0.322 e. The van der Waals surface area contributed by atoms with Crippen molar-refractivity contribution >= 4 is 5.97 Å². The van der Waals surface area contributed by atoms with E-state index in [-0.39, 0.29) is 24.2 Å². The second kappa shape index (κ2) is 5.98. The van der Waals surface area contributed by atoms with Crippen LogP contribution in [0.1, 0.15) is 33.6 Å². The van der Waals surface area contributed by atoms with E-state index in [0.29, 0.717) is 0 Å². The molecule has 4 heteroatoms. The van der Waals surface area contributed by atoms with Gasteiger partial charge in [0.15, 0.2) is 0 Å². The number of aliphatic hydroxyl groups is 1. The molecule has 0 bridgehead atoms. The van der Waals surface area contributed by atoms with Gasteiger partial charge in [0.05, 0.1) is 13.7 Å². The predicted molar refractivity (Wildman–Crippen MR) is 55.0 cm³/mol. The number of nitrogens with one attached hydrogen (secondary N) is 1. The van der Waals surface area contributed by atoms with Gasteiger partial charge in [-0.15, -0.1) is 0 Å². The maximum atomic E-state index is 11.2. The van der Waals surface area contributed by atoms with Crippen LogP contribution in [0.5, 0.6) is 0 Å². The molecule has 0 amide bonds. The van der Waals surface area contributed by atoms with E-state index < -0.39 is 0 Å². The summed E-state index contributed by atoms with van der Waals surface area (Å²) in [6, 6.07) is -0.382. The summed E-state index contributed by atoms with van der Waals surface area (Å²) in [6.07, 6.45) is 1.56. The van der Waals surface area contributed by atoms with Gasteiger partial charge < -0.3 is 9.84 Å². The SMILES string of the molecule is CCC(CC)(CO)NC(C)C(=O)OC. The van der Waals surface area contributed by atoms with Crippen molar-refractivity contribution in [2.75, 3.05) is 13.7 Å². The Balaban J connectivity index is 4.36. The van der Waals surface area contributed by atoms with Gasteiger partial charge in [0.25, 0.3) is 0 Å². The van der Waals surface area contributed by atoms with Crippen LogP contribution in [0.25, 0.3) is 0 Å². The lowest BCUT2D eigenvalue weighted by atomic mass is 9.93. The Labute approximate surface area is 85.6 Å². The zero-order valence-electron chi connectivity index (χ0n) is 9.46. The van der Waals surface area contributed by atoms with E-state index >= 15 is 0 Å². The number of ether oxygens (including phenoxy) is 1. The number of hydrogen-bond donors (Lipinski definition) is 2. The molecule has 0 aliphatic carbocycles. The Hall–Kier alpha value is -0.610. The highest BCUT2D eigenvalue weighted by molar-refractivity contribution is 5.75. The van der Waals surface area contributed by atoms with Crippen LogP contribution in [-0.4, -0.2) is 36.4 Å². The minimum atomic E-state index is -0.382. The molecule has 0 aliphatic heterocycles. The van der Waals surface area contributed by atoms with Gasteiger partial charge in [0, 0.05) is 5.54 Å². The van der Waals surface area contributed by atoms with E-state index in [0.717, 1.165) is 12.8 Å². The standard InChI is InChI=1S/C10H21NO3/c1-5-10(6-2,7-12)11-8(3)9(13)14-4/h8,11-12H,5-7H2,1-4H3. The van der Waals surface area contributed by atoms with Gasteiger partial charge in [-0.25, -0.2) is 0 Å². The van der Waals surface area contributed by atoms with E-state index in [2.05, 4.69) is 10.1 Å². The molecule has 0 aliphatic rings. The topological polar surface area (TPSA) is 58.6 Å². The summed E-state index contributed by atoms with van der Waals surface area (Å²) in [7, 11) is 1.36. The summed E-state index contributed by atoms with van der Waals surface area (Å²) in [5.41, 5.74) is -0.367. The van der Waals surface area contributed by atoms with Gasteiger partial charge in [-0.3, -0.25) is 10.1 Å². The zero-order valence-corrected chi connectivity index (χ0v) is 9.46. The monoisotopic (exact) mass is 203 g/mol. The van der Waals surface area contributed by atoms with Crippen molar-refractivity contribution in [3.05, 3.63) is 0 Å². The summed E-state index contributed by atoms with van der Waals surface area (Å²) in [4.78, 5) is 11.2. The first-order valence-corrected chi connectivity index (χ1v) is 5.01. The molecule has 0 aromatic rings. The van der Waals surface area contributed by atoms with Gasteiger partial charge in [-0.05, 0) is 19.8 Å². The largest absolute Gasteiger partial charge is 0.468 e. The van der Waals surface area contributed by atoms with E-state index in [4.69, 9.17) is 0 Å². The van der Waals surface area contributed by atoms with Crippen molar-refractivity contribution in [1.29, 1.82) is 0 Å². The second-order valence-electron chi connectivity index (χ2n) is 3.53. The van der Waals surface area contributed by atoms with Crippen molar-refractivity contribution in [1.82, 2.24) is 5.32 Å². The number of hydrogen-bond acceptors (Lipinski definition) is 4. The molecule has 0 heterocycles. The molecule has 0 spiro atoms. The van der Waals surface area contributed by atoms with E-state index in [1.165, 1.54) is 7.11 Å². The highest BCUT2D eigenvalue weighted by Crippen LogP contribution is 2.15. The average Bonchev–Trinajstić information content (AvgIpc) is 2.24. The van der Waals surface area contributed by atoms with Crippen LogP contribution in [0, 0.1) is 0 Å². The van der Waals surface area contributed by atoms with E-state index in [1.807, 2.05) is 13.8 Å². The van der Waals surface area contributed by atoms with Crippen LogP contribution in [0.4, 0.5) is 0 Å². The van der Waals surface area contributed by atoms with Gasteiger partial charge in [0.1, 0.15) is 6.04 Å². The number of methoxy groups -OCH3 is 1. The van der Waals surface area contributed by atoms with Crippen LogP contribution in [0.3, 0.4) is 0 Å². The van der Waals surface area contributed by atoms with Crippen molar-refractivity contribution in [3.63, 3.8) is 0 Å². The summed E-state index contributed by atoms with van der Waals surface area (Å²) in [6.45, 7) is 5.73. The number of aliphatic hydroxyl groups excluding tert-OH is 1. The third kappa shape index (κ3) is 3.27. The molecule has 0 saturated heterocycles. The molecule has 2 N–H and O–H groups in total. The molecule has 0 fully saturated rings. The Bertz CT molecular complexity index is 170. The first-order chi connectivity index (χ1) is 6.55. The normalized spacial score (nSPS) is 13.8. The third-order valence-electron chi connectivity index (χ3n) is 2.73. The molecule has 4 nitrogen and oxygen atoms in total. The maximum absolute atomic E-state index is 11.2. The van der Waals surface area contributed by atoms with Crippen LogP contribution in [-0.2, 0) is 9.53 Å². The molecular weight excluding hydrogens is 182 g/mol. The predicted octanol–water partition coefficient (Wildman–Crippen LogP) is 0.689. The quantitative estimate of drug-likeness (QED) is 0.624. The summed E-state index contributed by atoms with van der Waals surface area (Å²) >= 11 is 0. The molecule has 0 aromatic heterocycles. The van der Waals surface area contributed by atoms with E-state index in [1.54, 1.807) is 6.92 Å². The molecule has 1 atom stereocenters. The second-order valence-corrected chi connectivity index (χ2v) is 3.53. The molecule has 84 valence electrons. The Morgan fingerprint density at radius 2 is 2.00 bits per heavy atom. The molecule has 0 radical (unpaired) electrons. The number of carbonyl (C=O) groups is 1. The molecule has 0 aromatic carbocycles. The lowest BCUT2D eigenvalue weighted by Crippen LogP contribution is -2.54. The average molecular weight is 203 g/mol. The number of esters is 1. The fraction of sp³-hybridized carbons (Fsp3) is 0.900. The van der Waals surface area contributed by atoms with Gasteiger partial charge in [-0.2, -0.15) is 0 Å². The summed E-state index contributed by atoms with van der Waals surface area (Å²) in [5, 5.41) is 12.4. The van der Waals surface area contributed by atoms with Gasteiger partial charge >= 0.3 is 5.97 Å². The van der Waals surface area contributed by atoms with Crippen LogP contribution in [0.15, 0.2) is 0 Å².